The van der Waals surface area contributed by atoms with E-state index >= 15 is 0 Å². The van der Waals surface area contributed by atoms with E-state index in [1.54, 1.807) is 24.4 Å². The van der Waals surface area contributed by atoms with Crippen molar-refractivity contribution in [3.05, 3.63) is 70.9 Å². The van der Waals surface area contributed by atoms with Crippen LogP contribution in [0.15, 0.2) is 48.7 Å². The average Bonchev–Trinajstić information content (AvgIpc) is 2.65. The highest BCUT2D eigenvalue weighted by Crippen LogP contribution is 2.23. The summed E-state index contributed by atoms with van der Waals surface area (Å²) in [6.07, 6.45) is 1.66. The van der Waals surface area contributed by atoms with Crippen LogP contribution in [0.3, 0.4) is 0 Å². The van der Waals surface area contributed by atoms with E-state index in [1.165, 1.54) is 0 Å². The van der Waals surface area contributed by atoms with Crippen molar-refractivity contribution in [3.63, 3.8) is 0 Å². The van der Waals surface area contributed by atoms with Crippen molar-refractivity contribution in [2.75, 3.05) is 10.6 Å². The van der Waals surface area contributed by atoms with Crippen LogP contribution in [-0.4, -0.2) is 9.97 Å². The van der Waals surface area contributed by atoms with E-state index in [-0.39, 0.29) is 0 Å². The normalized spacial score (nSPS) is 9.85. The Hall–Kier alpha value is -3.90. The number of nitrogens with zero attached hydrogens (tertiary/aromatic N) is 4. The van der Waals surface area contributed by atoms with Crippen LogP contribution >= 0.6 is 0 Å². The molecule has 2 aromatic carbocycles. The maximum absolute atomic E-state index is 8.96. The molecule has 0 unspecified atom stereocenters. The lowest BCUT2D eigenvalue weighted by Crippen LogP contribution is -2.02. The summed E-state index contributed by atoms with van der Waals surface area (Å²) in [5.74, 6) is 1.09. The molecule has 0 aliphatic heterocycles. The monoisotopic (exact) mass is 340 g/mol. The van der Waals surface area contributed by atoms with Gasteiger partial charge in [-0.1, -0.05) is 0 Å². The molecule has 6 nitrogen and oxygen atoms in total. The van der Waals surface area contributed by atoms with Gasteiger partial charge in [-0.15, -0.1) is 0 Å². The Morgan fingerprint density at radius 1 is 0.808 bits per heavy atom. The van der Waals surface area contributed by atoms with E-state index in [0.717, 1.165) is 22.5 Å². The zero-order chi connectivity index (χ0) is 18.5. The fourth-order valence-electron chi connectivity index (χ4n) is 2.49. The largest absolute Gasteiger partial charge is 0.340 e. The van der Waals surface area contributed by atoms with E-state index in [9.17, 15) is 0 Å². The van der Waals surface area contributed by atoms with Crippen molar-refractivity contribution < 1.29 is 0 Å². The molecular formula is C20H16N6. The molecule has 3 aromatic rings. The zero-order valence-electron chi connectivity index (χ0n) is 14.4. The van der Waals surface area contributed by atoms with Crippen LogP contribution in [0.4, 0.5) is 23.1 Å². The minimum absolute atomic E-state index is 0.453. The second kappa shape index (κ2) is 7.33. The summed E-state index contributed by atoms with van der Waals surface area (Å²) in [5, 5.41) is 24.3. The van der Waals surface area contributed by atoms with Crippen LogP contribution in [0.5, 0.6) is 0 Å². The smallest absolute Gasteiger partial charge is 0.229 e. The Balaban J connectivity index is 1.81. The van der Waals surface area contributed by atoms with E-state index < -0.39 is 0 Å². The topological polar surface area (TPSA) is 97.4 Å². The van der Waals surface area contributed by atoms with Gasteiger partial charge in [-0.05, 0) is 67.4 Å². The van der Waals surface area contributed by atoms with Gasteiger partial charge in [-0.3, -0.25) is 0 Å². The van der Waals surface area contributed by atoms with Crippen LogP contribution in [0, 0.1) is 36.5 Å². The van der Waals surface area contributed by atoms with Gasteiger partial charge in [-0.2, -0.15) is 15.5 Å². The van der Waals surface area contributed by atoms with Gasteiger partial charge in [0.1, 0.15) is 5.82 Å². The minimum atomic E-state index is 0.453. The summed E-state index contributed by atoms with van der Waals surface area (Å²) >= 11 is 0. The Morgan fingerprint density at radius 2 is 1.38 bits per heavy atom. The molecule has 0 saturated heterocycles. The number of nitriles is 2. The molecule has 0 spiro atoms. The summed E-state index contributed by atoms with van der Waals surface area (Å²) in [7, 11) is 0. The molecule has 0 radical (unpaired) electrons. The van der Waals surface area contributed by atoms with Crippen molar-refractivity contribution in [2.24, 2.45) is 0 Å². The first-order chi connectivity index (χ1) is 12.6. The molecule has 26 heavy (non-hydrogen) atoms. The Kier molecular flexibility index (Phi) is 4.78. The van der Waals surface area contributed by atoms with E-state index in [1.807, 2.05) is 38.1 Å². The van der Waals surface area contributed by atoms with Crippen LogP contribution in [0.1, 0.15) is 22.3 Å². The van der Waals surface area contributed by atoms with Crippen molar-refractivity contribution in [3.8, 4) is 12.1 Å². The average molecular weight is 340 g/mol. The number of aryl methyl sites for hydroxylation is 2. The first-order valence-corrected chi connectivity index (χ1v) is 7.97. The van der Waals surface area contributed by atoms with Crippen LogP contribution < -0.4 is 10.6 Å². The van der Waals surface area contributed by atoms with Crippen LogP contribution in [0.25, 0.3) is 0 Å². The summed E-state index contributed by atoms with van der Waals surface area (Å²) < 4.78 is 0. The standard InChI is InChI=1S/C20H16N6/c1-13-9-15(11-21)3-5-17(13)24-19-7-8-23-20(26-19)25-18-6-4-16(12-22)10-14(18)2/h3-10H,1-2H3,(H2,23,24,25,26). The lowest BCUT2D eigenvalue weighted by molar-refractivity contribution is 1.16. The van der Waals surface area contributed by atoms with E-state index in [0.29, 0.717) is 22.9 Å². The summed E-state index contributed by atoms with van der Waals surface area (Å²) in [6, 6.07) is 16.8. The number of hydrogen-bond acceptors (Lipinski definition) is 6. The second-order valence-corrected chi connectivity index (χ2v) is 5.80. The van der Waals surface area contributed by atoms with Crippen molar-refractivity contribution in [1.82, 2.24) is 9.97 Å². The van der Waals surface area contributed by atoms with Gasteiger partial charge in [0, 0.05) is 17.6 Å². The molecule has 0 atom stereocenters. The Morgan fingerprint density at radius 3 is 1.92 bits per heavy atom. The molecule has 0 bridgehead atoms. The highest BCUT2D eigenvalue weighted by atomic mass is 15.1. The lowest BCUT2D eigenvalue weighted by Gasteiger charge is -2.11. The van der Waals surface area contributed by atoms with Gasteiger partial charge in [0.2, 0.25) is 5.95 Å². The third kappa shape index (κ3) is 3.77. The molecule has 0 aliphatic rings. The predicted octanol–water partition coefficient (Wildman–Crippen LogP) is 4.32. The van der Waals surface area contributed by atoms with Gasteiger partial charge < -0.3 is 10.6 Å². The Bertz CT molecular complexity index is 962. The van der Waals surface area contributed by atoms with Crippen molar-refractivity contribution in [1.29, 1.82) is 10.5 Å². The summed E-state index contributed by atoms with van der Waals surface area (Å²) in [4.78, 5) is 8.71. The maximum Gasteiger partial charge on any atom is 0.229 e. The molecule has 126 valence electrons. The minimum Gasteiger partial charge on any atom is -0.340 e. The number of hydrogen-bond donors (Lipinski definition) is 2. The van der Waals surface area contributed by atoms with Crippen molar-refractivity contribution in [2.45, 2.75) is 13.8 Å². The molecular weight excluding hydrogens is 324 g/mol. The molecule has 2 N–H and O–H groups in total. The molecule has 3 rings (SSSR count). The lowest BCUT2D eigenvalue weighted by atomic mass is 10.1. The maximum atomic E-state index is 8.96. The first kappa shape index (κ1) is 16.9. The SMILES string of the molecule is Cc1cc(C#N)ccc1Nc1ccnc(Nc2ccc(C#N)cc2C)n1. The summed E-state index contributed by atoms with van der Waals surface area (Å²) in [5.41, 5.74) is 4.85. The molecule has 6 heteroatoms. The first-order valence-electron chi connectivity index (χ1n) is 7.97. The third-order valence-corrected chi connectivity index (χ3v) is 3.88. The number of benzene rings is 2. The van der Waals surface area contributed by atoms with Crippen LogP contribution in [0.2, 0.25) is 0 Å². The molecule has 1 aromatic heterocycles. The highest BCUT2D eigenvalue weighted by molar-refractivity contribution is 5.64. The van der Waals surface area contributed by atoms with Gasteiger partial charge >= 0.3 is 0 Å². The second-order valence-electron chi connectivity index (χ2n) is 5.80. The van der Waals surface area contributed by atoms with Gasteiger partial charge in [0.15, 0.2) is 0 Å². The van der Waals surface area contributed by atoms with E-state index in [4.69, 9.17) is 10.5 Å². The third-order valence-electron chi connectivity index (χ3n) is 3.88. The molecule has 0 aliphatic carbocycles. The Labute approximate surface area is 151 Å². The number of nitrogens with one attached hydrogen (secondary N) is 2. The molecule has 1 heterocycles. The molecule has 0 fully saturated rings. The fraction of sp³-hybridized carbons (Fsp3) is 0.100. The van der Waals surface area contributed by atoms with Crippen LogP contribution in [-0.2, 0) is 0 Å². The number of aromatic nitrogens is 2. The van der Waals surface area contributed by atoms with E-state index in [2.05, 4.69) is 32.7 Å². The van der Waals surface area contributed by atoms with Gasteiger partial charge in [-0.25, -0.2) is 4.98 Å². The van der Waals surface area contributed by atoms with Gasteiger partial charge in [0.05, 0.1) is 23.3 Å². The predicted molar refractivity (Wildman–Crippen MR) is 100 cm³/mol. The van der Waals surface area contributed by atoms with Crippen molar-refractivity contribution >= 4 is 23.1 Å². The summed E-state index contributed by atoms with van der Waals surface area (Å²) in [6.45, 7) is 3.86. The quantitative estimate of drug-likeness (QED) is 0.734. The highest BCUT2D eigenvalue weighted by Gasteiger charge is 2.06. The number of anilines is 4. The molecule has 0 amide bonds. The number of rotatable bonds is 4. The van der Waals surface area contributed by atoms with Gasteiger partial charge in [0.25, 0.3) is 0 Å². The molecule has 0 saturated carbocycles. The fourth-order valence-corrected chi connectivity index (χ4v) is 2.49. The zero-order valence-corrected chi connectivity index (χ0v) is 14.4.